The second-order valence-electron chi connectivity index (χ2n) is 7.68. The highest BCUT2D eigenvalue weighted by Crippen LogP contribution is 2.04. The van der Waals surface area contributed by atoms with Gasteiger partial charge >= 0.3 is 11.9 Å². The van der Waals surface area contributed by atoms with E-state index < -0.39 is 78.7 Å². The monoisotopic (exact) mass is 499 g/mol. The third-order valence-corrected chi connectivity index (χ3v) is 4.70. The summed E-state index contributed by atoms with van der Waals surface area (Å²) in [7, 11) is 0. The Bertz CT molecular complexity index is 920. The molecule has 0 fully saturated rings. The number of aromatic amines is 1. The second-order valence-corrected chi connectivity index (χ2v) is 7.68. The Balaban J connectivity index is 3.01. The van der Waals surface area contributed by atoms with Crippen LogP contribution in [0, 0.1) is 0 Å². The Morgan fingerprint density at radius 2 is 1.66 bits per heavy atom. The summed E-state index contributed by atoms with van der Waals surface area (Å²) in [5.74, 6) is -6.61. The van der Waals surface area contributed by atoms with Gasteiger partial charge in [0.25, 0.3) is 0 Å². The number of hydrogen-bond donors (Lipinski definition) is 9. The molecule has 0 aliphatic rings. The van der Waals surface area contributed by atoms with Gasteiger partial charge in [0.1, 0.15) is 18.1 Å². The van der Waals surface area contributed by atoms with E-state index in [4.69, 9.17) is 16.6 Å². The van der Waals surface area contributed by atoms with Crippen molar-refractivity contribution in [3.05, 3.63) is 18.2 Å². The number of primary amides is 1. The van der Waals surface area contributed by atoms with Crippen LogP contribution in [0.3, 0.4) is 0 Å². The quantitative estimate of drug-likeness (QED) is 0.112. The van der Waals surface area contributed by atoms with Gasteiger partial charge in [0.15, 0.2) is 0 Å². The van der Waals surface area contributed by atoms with Crippen LogP contribution in [0.5, 0.6) is 0 Å². The molecule has 11 N–H and O–H groups in total. The second kappa shape index (κ2) is 13.6. The highest BCUT2D eigenvalue weighted by molar-refractivity contribution is 5.95. The van der Waals surface area contributed by atoms with Crippen LogP contribution in [-0.2, 0) is 35.2 Å². The highest BCUT2D eigenvalue weighted by atomic mass is 16.4. The van der Waals surface area contributed by atoms with Gasteiger partial charge in [-0.05, 0) is 13.3 Å². The molecule has 5 unspecified atom stereocenters. The molecule has 0 saturated carbocycles. The fourth-order valence-electron chi connectivity index (χ4n) is 2.84. The number of amides is 4. The Labute approximate surface area is 198 Å². The summed E-state index contributed by atoms with van der Waals surface area (Å²) in [6, 6.07) is -5.96. The van der Waals surface area contributed by atoms with Gasteiger partial charge in [-0.15, -0.1) is 0 Å². The van der Waals surface area contributed by atoms with Crippen LogP contribution >= 0.6 is 0 Å². The van der Waals surface area contributed by atoms with Crippen LogP contribution in [0.1, 0.15) is 31.9 Å². The number of carbonyl (C=O) groups is 6. The van der Waals surface area contributed by atoms with Crippen molar-refractivity contribution in [2.45, 2.75) is 62.9 Å². The number of carboxylic acid groups (broad SMARTS) is 2. The first-order chi connectivity index (χ1) is 16.3. The smallest absolute Gasteiger partial charge is 0.326 e. The predicted molar refractivity (Wildman–Crippen MR) is 116 cm³/mol. The molecule has 0 aromatic carbocycles. The fraction of sp³-hybridized carbons (Fsp3) is 0.526. The molecule has 194 valence electrons. The number of aliphatic hydroxyl groups is 1. The maximum atomic E-state index is 12.8. The summed E-state index contributed by atoms with van der Waals surface area (Å²) in [5.41, 5.74) is 11.0. The molecule has 35 heavy (non-hydrogen) atoms. The number of aromatic nitrogens is 2. The predicted octanol–water partition coefficient (Wildman–Crippen LogP) is -4.06. The molecule has 0 spiro atoms. The van der Waals surface area contributed by atoms with Gasteiger partial charge in [0.2, 0.25) is 23.6 Å². The average Bonchev–Trinajstić information content (AvgIpc) is 3.26. The van der Waals surface area contributed by atoms with E-state index in [0.717, 1.165) is 0 Å². The summed E-state index contributed by atoms with van der Waals surface area (Å²) in [6.07, 6.45) is -0.329. The van der Waals surface area contributed by atoms with E-state index in [2.05, 4.69) is 25.9 Å². The van der Waals surface area contributed by atoms with Crippen LogP contribution in [0.15, 0.2) is 12.5 Å². The third-order valence-electron chi connectivity index (χ3n) is 4.70. The van der Waals surface area contributed by atoms with Crippen molar-refractivity contribution >= 4 is 35.6 Å². The average molecular weight is 499 g/mol. The first kappa shape index (κ1) is 29.0. The first-order valence-electron chi connectivity index (χ1n) is 10.4. The van der Waals surface area contributed by atoms with Crippen molar-refractivity contribution in [1.29, 1.82) is 0 Å². The molecule has 0 saturated heterocycles. The third kappa shape index (κ3) is 10.2. The van der Waals surface area contributed by atoms with Crippen molar-refractivity contribution in [3.8, 4) is 0 Å². The van der Waals surface area contributed by atoms with E-state index in [0.29, 0.717) is 5.69 Å². The van der Waals surface area contributed by atoms with Crippen LogP contribution in [0.4, 0.5) is 0 Å². The first-order valence-corrected chi connectivity index (χ1v) is 10.4. The molecule has 1 heterocycles. The molecule has 1 rings (SSSR count). The van der Waals surface area contributed by atoms with E-state index in [1.54, 1.807) is 0 Å². The zero-order chi connectivity index (χ0) is 26.7. The van der Waals surface area contributed by atoms with Crippen molar-refractivity contribution in [2.24, 2.45) is 11.5 Å². The lowest BCUT2D eigenvalue weighted by Crippen LogP contribution is -2.60. The number of H-pyrrole nitrogens is 1. The molecule has 0 aliphatic carbocycles. The lowest BCUT2D eigenvalue weighted by molar-refractivity contribution is -0.144. The minimum Gasteiger partial charge on any atom is -0.481 e. The zero-order valence-electron chi connectivity index (χ0n) is 18.8. The minimum atomic E-state index is -1.67. The number of rotatable bonds is 15. The molecule has 1 aromatic heterocycles. The molecule has 0 aliphatic heterocycles. The van der Waals surface area contributed by atoms with Crippen molar-refractivity contribution in [2.75, 3.05) is 0 Å². The van der Waals surface area contributed by atoms with Crippen LogP contribution < -0.4 is 27.4 Å². The van der Waals surface area contributed by atoms with E-state index >= 15 is 0 Å². The number of carboxylic acids is 2. The van der Waals surface area contributed by atoms with Crippen LogP contribution in [-0.4, -0.2) is 91.1 Å². The number of nitrogens with one attached hydrogen (secondary N) is 4. The Morgan fingerprint density at radius 1 is 1.03 bits per heavy atom. The zero-order valence-corrected chi connectivity index (χ0v) is 18.8. The van der Waals surface area contributed by atoms with E-state index in [1.165, 1.54) is 19.4 Å². The summed E-state index contributed by atoms with van der Waals surface area (Å²) in [6.45, 7) is 1.19. The van der Waals surface area contributed by atoms with E-state index in [9.17, 15) is 39.0 Å². The van der Waals surface area contributed by atoms with Crippen molar-refractivity contribution in [3.63, 3.8) is 0 Å². The molecule has 16 nitrogen and oxygen atoms in total. The number of imidazole rings is 1. The van der Waals surface area contributed by atoms with Gasteiger partial charge in [-0.2, -0.15) is 0 Å². The molecule has 0 radical (unpaired) electrons. The van der Waals surface area contributed by atoms with Crippen molar-refractivity contribution < 1.29 is 44.1 Å². The van der Waals surface area contributed by atoms with E-state index in [-0.39, 0.29) is 12.8 Å². The summed E-state index contributed by atoms with van der Waals surface area (Å²) < 4.78 is 0. The number of hydrogen-bond acceptors (Lipinski definition) is 9. The van der Waals surface area contributed by atoms with Gasteiger partial charge in [0, 0.05) is 24.7 Å². The summed E-state index contributed by atoms with van der Waals surface area (Å²) >= 11 is 0. The number of aliphatic hydroxyl groups excluding tert-OH is 1. The number of nitrogens with zero attached hydrogens (tertiary/aromatic N) is 1. The Kier molecular flexibility index (Phi) is 11.3. The van der Waals surface area contributed by atoms with Gasteiger partial charge < -0.3 is 47.7 Å². The summed E-state index contributed by atoms with van der Waals surface area (Å²) in [4.78, 5) is 77.5. The van der Waals surface area contributed by atoms with Gasteiger partial charge in [0.05, 0.1) is 24.9 Å². The largest absolute Gasteiger partial charge is 0.481 e. The molecule has 4 amide bonds. The topological polar surface area (TPSA) is 280 Å². The maximum Gasteiger partial charge on any atom is 0.326 e. The van der Waals surface area contributed by atoms with Crippen molar-refractivity contribution in [1.82, 2.24) is 25.9 Å². The number of carbonyl (C=O) groups excluding carboxylic acids is 4. The van der Waals surface area contributed by atoms with Gasteiger partial charge in [-0.25, -0.2) is 9.78 Å². The van der Waals surface area contributed by atoms with Crippen LogP contribution in [0.25, 0.3) is 0 Å². The Hall–Kier alpha value is -4.05. The lowest BCUT2D eigenvalue weighted by Gasteiger charge is -2.26. The summed E-state index contributed by atoms with van der Waals surface area (Å²) in [5, 5.41) is 34.6. The SMILES string of the molecule is CC(O)C(NC(=O)C(N)CCC(=O)O)C(=O)NC(Cc1cnc[nH]1)C(=O)NC(CC(N)=O)C(=O)O. The Morgan fingerprint density at radius 3 is 2.14 bits per heavy atom. The van der Waals surface area contributed by atoms with Gasteiger partial charge in [-0.3, -0.25) is 24.0 Å². The van der Waals surface area contributed by atoms with Gasteiger partial charge in [-0.1, -0.05) is 0 Å². The molecule has 5 atom stereocenters. The molecule has 16 heteroatoms. The fourth-order valence-corrected chi connectivity index (χ4v) is 2.84. The van der Waals surface area contributed by atoms with E-state index in [1.807, 2.05) is 0 Å². The minimum absolute atomic E-state index is 0.195. The lowest BCUT2D eigenvalue weighted by atomic mass is 10.1. The number of nitrogens with two attached hydrogens (primary N) is 2. The molecule has 1 aromatic rings. The highest BCUT2D eigenvalue weighted by Gasteiger charge is 2.33. The standard InChI is InChI=1S/C19H29N7O9/c1-8(27)15(26-16(31)10(20)2-3-14(29)30)18(33)24-11(4-9-6-22-7-23-9)17(32)25-12(19(34)35)5-13(21)28/h6-8,10-12,15,27H,2-5,20H2,1H3,(H2,21,28)(H,22,23)(H,24,33)(H,25,32)(H,26,31)(H,29,30)(H,34,35). The van der Waals surface area contributed by atoms with Crippen LogP contribution in [0.2, 0.25) is 0 Å². The molecular weight excluding hydrogens is 470 g/mol. The number of aliphatic carboxylic acids is 2. The maximum absolute atomic E-state index is 12.8. The molecular formula is C19H29N7O9. The normalized spacial score (nSPS) is 15.1. The molecule has 0 bridgehead atoms.